The van der Waals surface area contributed by atoms with Crippen molar-refractivity contribution in [2.45, 2.75) is 57.2 Å². The molecule has 0 aliphatic heterocycles. The number of aromatic nitrogens is 3. The zero-order chi connectivity index (χ0) is 20.0. The highest BCUT2D eigenvalue weighted by Crippen LogP contribution is 2.55. The van der Waals surface area contributed by atoms with Crippen LogP contribution in [0.3, 0.4) is 0 Å². The fourth-order valence-corrected chi connectivity index (χ4v) is 6.74. The van der Waals surface area contributed by atoms with Crippen molar-refractivity contribution in [1.29, 1.82) is 0 Å². The van der Waals surface area contributed by atoms with Crippen LogP contribution in [-0.4, -0.2) is 20.5 Å². The fraction of sp³-hybridized carbons (Fsp3) is 0.462. The lowest BCUT2D eigenvalue weighted by atomic mass is 9.53. The molecule has 0 unspecified atom stereocenters. The third-order valence-corrected chi connectivity index (χ3v) is 7.61. The zero-order valence-electron chi connectivity index (χ0n) is 17.5. The van der Waals surface area contributed by atoms with E-state index in [0.717, 1.165) is 41.2 Å². The van der Waals surface area contributed by atoms with Gasteiger partial charge in [-0.15, -0.1) is 0 Å². The predicted octanol–water partition coefficient (Wildman–Crippen LogP) is 5.05. The van der Waals surface area contributed by atoms with Crippen molar-refractivity contribution in [3.8, 4) is 11.3 Å². The Bertz CT molecular complexity index is 973. The molecule has 0 saturated heterocycles. The normalized spacial score (nSPS) is 29.4. The first kappa shape index (κ1) is 18.3. The Labute approximate surface area is 178 Å². The van der Waals surface area contributed by atoms with Crippen LogP contribution in [0.2, 0.25) is 0 Å². The summed E-state index contributed by atoms with van der Waals surface area (Å²) >= 11 is 0. The minimum Gasteiger partial charge on any atom is -0.305 e. The van der Waals surface area contributed by atoms with Crippen molar-refractivity contribution in [2.24, 2.45) is 17.8 Å². The van der Waals surface area contributed by atoms with Gasteiger partial charge in [-0.3, -0.25) is 0 Å². The van der Waals surface area contributed by atoms with Crippen molar-refractivity contribution < 1.29 is 0 Å². The van der Waals surface area contributed by atoms with E-state index in [1.54, 1.807) is 0 Å². The van der Waals surface area contributed by atoms with Gasteiger partial charge in [0.15, 0.2) is 0 Å². The Kier molecular flexibility index (Phi) is 4.49. The van der Waals surface area contributed by atoms with E-state index in [9.17, 15) is 0 Å². The Morgan fingerprint density at radius 3 is 2.03 bits per heavy atom. The molecule has 7 rings (SSSR count). The largest absolute Gasteiger partial charge is 0.305 e. The van der Waals surface area contributed by atoms with E-state index in [4.69, 9.17) is 10.2 Å². The summed E-state index contributed by atoms with van der Waals surface area (Å²) in [5.74, 6) is 2.85. The van der Waals surface area contributed by atoms with Gasteiger partial charge in [0.2, 0.25) is 0 Å². The van der Waals surface area contributed by atoms with Gasteiger partial charge in [0.1, 0.15) is 11.4 Å². The Balaban J connectivity index is 1.27. The molecule has 4 nitrogen and oxygen atoms in total. The maximum atomic E-state index is 4.94. The molecule has 0 spiro atoms. The predicted molar refractivity (Wildman–Crippen MR) is 119 cm³/mol. The molecular weight excluding hydrogens is 368 g/mol. The topological polar surface area (TPSA) is 42.7 Å². The average Bonchev–Trinajstić information content (AvgIpc) is 3.15. The van der Waals surface area contributed by atoms with Crippen LogP contribution >= 0.6 is 0 Å². The van der Waals surface area contributed by atoms with E-state index in [-0.39, 0.29) is 0 Å². The zero-order valence-corrected chi connectivity index (χ0v) is 17.5. The van der Waals surface area contributed by atoms with E-state index in [0.29, 0.717) is 12.1 Å². The standard InChI is InChI=1S/C26H30N4/c1-3-7-19(8-4-1)18-30-28-24(25(29-30)23-9-5-2-6-10-23)17-27-26-14-20-11-21(15-26)13-22(12-20)16-26/h1-10,20-22,27H,11-18H2. The lowest BCUT2D eigenvalue weighted by Crippen LogP contribution is -2.58. The molecule has 0 atom stereocenters. The highest BCUT2D eigenvalue weighted by Gasteiger charge is 2.50. The molecule has 1 N–H and O–H groups in total. The van der Waals surface area contributed by atoms with Crippen LogP contribution in [0.1, 0.15) is 49.8 Å². The van der Waals surface area contributed by atoms with Gasteiger partial charge in [0.05, 0.1) is 6.54 Å². The molecular formula is C26H30N4. The van der Waals surface area contributed by atoms with Crippen molar-refractivity contribution in [3.05, 3.63) is 71.9 Å². The number of nitrogens with one attached hydrogen (secondary N) is 1. The van der Waals surface area contributed by atoms with E-state index >= 15 is 0 Å². The van der Waals surface area contributed by atoms with Gasteiger partial charge >= 0.3 is 0 Å². The maximum absolute atomic E-state index is 4.94. The summed E-state index contributed by atoms with van der Waals surface area (Å²) in [5.41, 5.74) is 4.81. The minimum absolute atomic E-state index is 0.339. The summed E-state index contributed by atoms with van der Waals surface area (Å²) in [4.78, 5) is 1.87. The maximum Gasteiger partial charge on any atom is 0.117 e. The van der Waals surface area contributed by atoms with Gasteiger partial charge in [-0.1, -0.05) is 60.7 Å². The van der Waals surface area contributed by atoms with E-state index < -0.39 is 0 Å². The SMILES string of the molecule is c1ccc(Cn2nc(CNC34CC5CC(CC(C5)C3)C4)c(-c3ccccc3)n2)cc1. The molecule has 3 aromatic rings. The molecule has 154 valence electrons. The second-order valence-electron chi connectivity index (χ2n) is 9.93. The number of hydrogen-bond donors (Lipinski definition) is 1. The highest BCUT2D eigenvalue weighted by molar-refractivity contribution is 5.60. The molecule has 4 bridgehead atoms. The molecule has 1 aromatic heterocycles. The minimum atomic E-state index is 0.339. The number of benzene rings is 2. The van der Waals surface area contributed by atoms with Crippen LogP contribution in [0, 0.1) is 17.8 Å². The number of hydrogen-bond acceptors (Lipinski definition) is 3. The van der Waals surface area contributed by atoms with Gasteiger partial charge in [0.25, 0.3) is 0 Å². The molecule has 4 heteroatoms. The van der Waals surface area contributed by atoms with Gasteiger partial charge in [0, 0.05) is 17.6 Å². The van der Waals surface area contributed by atoms with Crippen LogP contribution < -0.4 is 5.32 Å². The van der Waals surface area contributed by atoms with Crippen molar-refractivity contribution in [2.75, 3.05) is 0 Å². The molecule has 4 saturated carbocycles. The van der Waals surface area contributed by atoms with Crippen molar-refractivity contribution in [3.63, 3.8) is 0 Å². The lowest BCUT2D eigenvalue weighted by molar-refractivity contribution is -0.0207. The molecule has 0 radical (unpaired) electrons. The molecule has 30 heavy (non-hydrogen) atoms. The van der Waals surface area contributed by atoms with Crippen LogP contribution in [0.25, 0.3) is 11.3 Å². The summed E-state index contributed by atoms with van der Waals surface area (Å²) in [6.07, 6.45) is 8.50. The quantitative estimate of drug-likeness (QED) is 0.632. The average molecular weight is 399 g/mol. The van der Waals surface area contributed by atoms with E-state index in [1.807, 2.05) is 4.80 Å². The summed E-state index contributed by atoms with van der Waals surface area (Å²) in [6.45, 7) is 1.52. The van der Waals surface area contributed by atoms with Gasteiger partial charge in [-0.2, -0.15) is 15.0 Å². The molecule has 0 amide bonds. The summed E-state index contributed by atoms with van der Waals surface area (Å²) < 4.78 is 0. The second kappa shape index (κ2) is 7.35. The number of nitrogens with zero attached hydrogens (tertiary/aromatic N) is 3. The smallest absolute Gasteiger partial charge is 0.117 e. The third-order valence-electron chi connectivity index (χ3n) is 7.61. The molecule has 1 heterocycles. The van der Waals surface area contributed by atoms with Gasteiger partial charge in [-0.25, -0.2) is 0 Å². The summed E-state index contributed by atoms with van der Waals surface area (Å²) in [7, 11) is 0. The molecule has 4 aliphatic carbocycles. The monoisotopic (exact) mass is 398 g/mol. The molecule has 4 aliphatic rings. The van der Waals surface area contributed by atoms with Gasteiger partial charge in [-0.05, 0) is 61.8 Å². The van der Waals surface area contributed by atoms with Crippen LogP contribution in [0.5, 0.6) is 0 Å². The third kappa shape index (κ3) is 3.47. The first-order valence-corrected chi connectivity index (χ1v) is 11.5. The molecule has 2 aromatic carbocycles. The Morgan fingerprint density at radius 2 is 1.40 bits per heavy atom. The van der Waals surface area contributed by atoms with Gasteiger partial charge < -0.3 is 5.32 Å². The van der Waals surface area contributed by atoms with Crippen LogP contribution in [0.15, 0.2) is 60.7 Å². The summed E-state index contributed by atoms with van der Waals surface area (Å²) in [5, 5.41) is 13.9. The van der Waals surface area contributed by atoms with Crippen molar-refractivity contribution >= 4 is 0 Å². The van der Waals surface area contributed by atoms with E-state index in [2.05, 4.69) is 66.0 Å². The number of rotatable bonds is 6. The highest BCUT2D eigenvalue weighted by atomic mass is 15.5. The lowest BCUT2D eigenvalue weighted by Gasteiger charge is -2.57. The first-order valence-electron chi connectivity index (χ1n) is 11.5. The van der Waals surface area contributed by atoms with E-state index in [1.165, 1.54) is 44.1 Å². The Morgan fingerprint density at radius 1 is 0.800 bits per heavy atom. The van der Waals surface area contributed by atoms with Crippen LogP contribution in [-0.2, 0) is 13.1 Å². The van der Waals surface area contributed by atoms with Crippen LogP contribution in [0.4, 0.5) is 0 Å². The summed E-state index contributed by atoms with van der Waals surface area (Å²) in [6, 6.07) is 21.0. The molecule has 4 fully saturated rings. The van der Waals surface area contributed by atoms with Crippen molar-refractivity contribution in [1.82, 2.24) is 20.3 Å². The Hall–Kier alpha value is -2.46. The second-order valence-corrected chi connectivity index (χ2v) is 9.93. The fourth-order valence-electron chi connectivity index (χ4n) is 6.74. The first-order chi connectivity index (χ1) is 14.7.